The molecule has 0 saturated carbocycles. The van der Waals surface area contributed by atoms with Crippen LogP contribution in [0.25, 0.3) is 0 Å². The molecule has 1 aromatic carbocycles. The third-order valence-electron chi connectivity index (χ3n) is 3.55. The Kier molecular flexibility index (Phi) is 7.25. The number of halogens is 1. The highest BCUT2D eigenvalue weighted by Gasteiger charge is 2.20. The quantitative estimate of drug-likeness (QED) is 0.650. The maximum atomic E-state index is 12.4. The predicted octanol–water partition coefficient (Wildman–Crippen LogP) is 4.67. The van der Waals surface area contributed by atoms with E-state index in [9.17, 15) is 4.79 Å². The van der Waals surface area contributed by atoms with Crippen molar-refractivity contribution in [2.24, 2.45) is 5.92 Å². The average molecular weight is 296 g/mol. The molecule has 0 amide bonds. The fourth-order valence-electron chi connectivity index (χ4n) is 2.55. The van der Waals surface area contributed by atoms with Crippen LogP contribution in [-0.4, -0.2) is 29.8 Å². The van der Waals surface area contributed by atoms with Crippen LogP contribution in [0.15, 0.2) is 24.3 Å². The van der Waals surface area contributed by atoms with Gasteiger partial charge in [-0.05, 0) is 30.9 Å². The van der Waals surface area contributed by atoms with Crippen molar-refractivity contribution in [3.8, 4) is 0 Å². The van der Waals surface area contributed by atoms with Gasteiger partial charge in [0.2, 0.25) is 0 Å². The van der Waals surface area contributed by atoms with Gasteiger partial charge in [0.15, 0.2) is 5.78 Å². The van der Waals surface area contributed by atoms with Crippen molar-refractivity contribution in [3.05, 3.63) is 34.9 Å². The monoisotopic (exact) mass is 295 g/mol. The summed E-state index contributed by atoms with van der Waals surface area (Å²) < 4.78 is 0. The largest absolute Gasteiger partial charge is 0.293 e. The highest BCUT2D eigenvalue weighted by Crippen LogP contribution is 2.15. The zero-order valence-electron chi connectivity index (χ0n) is 13.0. The Labute approximate surface area is 128 Å². The Hall–Kier alpha value is -0.860. The first-order chi connectivity index (χ1) is 9.47. The zero-order valence-corrected chi connectivity index (χ0v) is 13.8. The molecule has 2 nitrogen and oxygen atoms in total. The Balaban J connectivity index is 2.80. The van der Waals surface area contributed by atoms with E-state index in [4.69, 9.17) is 11.6 Å². The summed E-state index contributed by atoms with van der Waals surface area (Å²) in [6.07, 6.45) is 2.15. The van der Waals surface area contributed by atoms with Gasteiger partial charge >= 0.3 is 0 Å². The second-order valence-corrected chi connectivity index (χ2v) is 6.16. The van der Waals surface area contributed by atoms with Crippen molar-refractivity contribution in [1.82, 2.24) is 4.90 Å². The molecule has 0 atom stereocenters. The zero-order chi connectivity index (χ0) is 15.1. The van der Waals surface area contributed by atoms with Crippen LogP contribution in [0.2, 0.25) is 5.02 Å². The van der Waals surface area contributed by atoms with Gasteiger partial charge < -0.3 is 0 Å². The third-order valence-corrected chi connectivity index (χ3v) is 3.79. The number of Topliss-reactive ketones (excluding diaryl/α,β-unsaturated/α-hetero) is 1. The van der Waals surface area contributed by atoms with Crippen LogP contribution in [-0.2, 0) is 0 Å². The Bertz CT molecular complexity index is 427. The van der Waals surface area contributed by atoms with Gasteiger partial charge in [0.05, 0.1) is 6.54 Å². The third kappa shape index (κ3) is 5.26. The molecule has 0 aliphatic carbocycles. The van der Waals surface area contributed by atoms with E-state index >= 15 is 0 Å². The van der Waals surface area contributed by atoms with Crippen LogP contribution in [0, 0.1) is 5.92 Å². The maximum Gasteiger partial charge on any atom is 0.176 e. The minimum atomic E-state index is 0.153. The highest BCUT2D eigenvalue weighted by molar-refractivity contribution is 6.31. The molecule has 0 aromatic heterocycles. The lowest BCUT2D eigenvalue weighted by molar-refractivity contribution is 0.0866. The Morgan fingerprint density at radius 2 is 1.90 bits per heavy atom. The van der Waals surface area contributed by atoms with E-state index in [2.05, 4.69) is 32.6 Å². The molecule has 0 heterocycles. The number of ketones is 1. The predicted molar refractivity (Wildman–Crippen MR) is 86.6 cm³/mol. The van der Waals surface area contributed by atoms with E-state index in [1.165, 1.54) is 0 Å². The number of rotatable bonds is 8. The molecular weight excluding hydrogens is 270 g/mol. The summed E-state index contributed by atoms with van der Waals surface area (Å²) in [6, 6.07) is 7.70. The van der Waals surface area contributed by atoms with Crippen molar-refractivity contribution < 1.29 is 4.79 Å². The fraction of sp³-hybridized carbons (Fsp3) is 0.588. The van der Waals surface area contributed by atoms with Gasteiger partial charge in [-0.15, -0.1) is 0 Å². The molecule has 0 spiro atoms. The number of carbonyl (C=O) groups is 1. The normalized spacial score (nSPS) is 11.6. The number of hydrogen-bond acceptors (Lipinski definition) is 2. The van der Waals surface area contributed by atoms with Crippen molar-refractivity contribution in [1.29, 1.82) is 0 Å². The Morgan fingerprint density at radius 1 is 1.25 bits per heavy atom. The van der Waals surface area contributed by atoms with Crippen LogP contribution < -0.4 is 0 Å². The molecule has 0 N–H and O–H groups in total. The lowest BCUT2D eigenvalue weighted by atomic mass is 10.0. The topological polar surface area (TPSA) is 20.3 Å². The molecule has 0 fully saturated rings. The van der Waals surface area contributed by atoms with Crippen molar-refractivity contribution >= 4 is 17.4 Å². The molecule has 0 aliphatic rings. The van der Waals surface area contributed by atoms with E-state index in [1.54, 1.807) is 12.1 Å². The first-order valence-electron chi connectivity index (χ1n) is 7.50. The van der Waals surface area contributed by atoms with Crippen LogP contribution in [0.5, 0.6) is 0 Å². The standard InChI is InChI=1S/C17H26ClNO/c1-5-16(6-2)19(11-13(3)4)12-17(20)14-8-7-9-15(18)10-14/h7-10,13,16H,5-6,11-12H2,1-4H3. The fourth-order valence-corrected chi connectivity index (χ4v) is 2.74. The molecule has 0 saturated heterocycles. The average Bonchev–Trinajstić information content (AvgIpc) is 2.39. The lowest BCUT2D eigenvalue weighted by Crippen LogP contribution is -2.40. The molecule has 3 heteroatoms. The molecule has 112 valence electrons. The van der Waals surface area contributed by atoms with Gasteiger partial charge in [0.25, 0.3) is 0 Å². The van der Waals surface area contributed by atoms with Gasteiger partial charge in [0.1, 0.15) is 0 Å². The SMILES string of the molecule is CCC(CC)N(CC(=O)c1cccc(Cl)c1)CC(C)C. The summed E-state index contributed by atoms with van der Waals surface area (Å²) in [5, 5.41) is 0.619. The molecule has 0 aliphatic heterocycles. The number of carbonyl (C=O) groups excluding carboxylic acids is 1. The molecule has 0 radical (unpaired) electrons. The first kappa shape index (κ1) is 17.2. The van der Waals surface area contributed by atoms with E-state index < -0.39 is 0 Å². The Morgan fingerprint density at radius 3 is 2.40 bits per heavy atom. The summed E-state index contributed by atoms with van der Waals surface area (Å²) in [4.78, 5) is 14.7. The molecule has 1 rings (SSSR count). The van der Waals surface area contributed by atoms with E-state index in [0.717, 1.165) is 19.4 Å². The number of hydrogen-bond donors (Lipinski definition) is 0. The van der Waals surface area contributed by atoms with Gasteiger partial charge in [-0.25, -0.2) is 0 Å². The van der Waals surface area contributed by atoms with Gasteiger partial charge in [-0.2, -0.15) is 0 Å². The summed E-state index contributed by atoms with van der Waals surface area (Å²) >= 11 is 5.96. The highest BCUT2D eigenvalue weighted by atomic mass is 35.5. The molecule has 0 bridgehead atoms. The summed E-state index contributed by atoms with van der Waals surface area (Å²) in [6.45, 7) is 10.2. The summed E-state index contributed by atoms with van der Waals surface area (Å²) in [5.74, 6) is 0.711. The second kappa shape index (κ2) is 8.43. The lowest BCUT2D eigenvalue weighted by Gasteiger charge is -2.31. The van der Waals surface area contributed by atoms with Crippen molar-refractivity contribution in [2.75, 3.05) is 13.1 Å². The van der Waals surface area contributed by atoms with Gasteiger partial charge in [-0.3, -0.25) is 9.69 Å². The smallest absolute Gasteiger partial charge is 0.176 e. The minimum absolute atomic E-state index is 0.153. The maximum absolute atomic E-state index is 12.4. The van der Waals surface area contributed by atoms with E-state index in [0.29, 0.717) is 29.1 Å². The summed E-state index contributed by atoms with van der Waals surface area (Å²) in [7, 11) is 0. The number of nitrogens with zero attached hydrogens (tertiary/aromatic N) is 1. The number of benzene rings is 1. The molecule has 0 unspecified atom stereocenters. The summed E-state index contributed by atoms with van der Waals surface area (Å²) in [5.41, 5.74) is 0.706. The van der Waals surface area contributed by atoms with Gasteiger partial charge in [0, 0.05) is 23.2 Å². The first-order valence-corrected chi connectivity index (χ1v) is 7.88. The van der Waals surface area contributed by atoms with Crippen molar-refractivity contribution in [3.63, 3.8) is 0 Å². The minimum Gasteiger partial charge on any atom is -0.293 e. The van der Waals surface area contributed by atoms with Crippen LogP contribution in [0.3, 0.4) is 0 Å². The molecular formula is C17H26ClNO. The van der Waals surface area contributed by atoms with Crippen molar-refractivity contribution in [2.45, 2.75) is 46.6 Å². The van der Waals surface area contributed by atoms with E-state index in [-0.39, 0.29) is 5.78 Å². The second-order valence-electron chi connectivity index (χ2n) is 5.73. The molecule has 20 heavy (non-hydrogen) atoms. The molecule has 1 aromatic rings. The van der Waals surface area contributed by atoms with E-state index in [1.807, 2.05) is 12.1 Å². The van der Waals surface area contributed by atoms with Crippen LogP contribution in [0.1, 0.15) is 50.9 Å². The van der Waals surface area contributed by atoms with Crippen LogP contribution in [0.4, 0.5) is 0 Å². The van der Waals surface area contributed by atoms with Gasteiger partial charge in [-0.1, -0.05) is 51.4 Å². The van der Waals surface area contributed by atoms with Crippen LogP contribution >= 0.6 is 11.6 Å².